The third-order valence-electron chi connectivity index (χ3n) is 6.22. The first kappa shape index (κ1) is 17.9. The lowest BCUT2D eigenvalue weighted by atomic mass is 9.51. The molecule has 9 nitrogen and oxygen atoms in total. The number of nitro benzene ring substituents is 1. The number of hydrogen-bond acceptors (Lipinski definition) is 8. The summed E-state index contributed by atoms with van der Waals surface area (Å²) in [5.41, 5.74) is -3.57. The third kappa shape index (κ3) is 1.88. The van der Waals surface area contributed by atoms with Crippen LogP contribution in [0, 0.1) is 66.3 Å². The fraction of sp³-hybridized carbons (Fsp3) is 0.474. The zero-order valence-corrected chi connectivity index (χ0v) is 14.7. The highest BCUT2D eigenvalue weighted by Crippen LogP contribution is 2.69. The maximum atomic E-state index is 10.9. The second-order valence-electron chi connectivity index (χ2n) is 7.34. The summed E-state index contributed by atoms with van der Waals surface area (Å²) in [5, 5.41) is 49.6. The van der Waals surface area contributed by atoms with Gasteiger partial charge in [-0.2, -0.15) is 15.8 Å². The lowest BCUT2D eigenvalue weighted by Gasteiger charge is -2.51. The number of benzene rings is 1. The van der Waals surface area contributed by atoms with Gasteiger partial charge in [-0.1, -0.05) is 6.42 Å². The molecular formula is C19H15N5O4. The number of non-ortho nitro benzene ring substituents is 1. The number of hydrogen-bond donors (Lipinski definition) is 1. The van der Waals surface area contributed by atoms with Crippen LogP contribution in [0.4, 0.5) is 5.69 Å². The molecule has 0 radical (unpaired) electrons. The summed E-state index contributed by atoms with van der Waals surface area (Å²) in [6.45, 7) is 0. The predicted molar refractivity (Wildman–Crippen MR) is 92.1 cm³/mol. The van der Waals surface area contributed by atoms with Crippen LogP contribution in [-0.2, 0) is 9.47 Å². The van der Waals surface area contributed by atoms with E-state index in [2.05, 4.69) is 6.07 Å². The van der Waals surface area contributed by atoms with E-state index in [0.29, 0.717) is 18.4 Å². The second kappa shape index (κ2) is 5.76. The molecule has 2 bridgehead atoms. The second-order valence-corrected chi connectivity index (χ2v) is 7.34. The van der Waals surface area contributed by atoms with E-state index >= 15 is 0 Å². The molecule has 3 aliphatic rings. The molecule has 0 aromatic heterocycles. The summed E-state index contributed by atoms with van der Waals surface area (Å²) in [6, 6.07) is 11.4. The molecule has 1 saturated carbocycles. The Hall–Kier alpha value is -3.48. The minimum absolute atomic E-state index is 0.144. The van der Waals surface area contributed by atoms with Gasteiger partial charge in [0, 0.05) is 18.6 Å². The minimum Gasteiger partial charge on any atom is -0.447 e. The maximum Gasteiger partial charge on any atom is 0.269 e. The zero-order valence-electron chi connectivity index (χ0n) is 14.7. The SMILES string of the molecule is N#CC1(C#N)[C@H](c2ccc([N+](=O)[O-])cc2)O[C@@]23CCCC[C@@H]2[C@@]1(C#N)C(=N)O3. The molecule has 28 heavy (non-hydrogen) atoms. The highest BCUT2D eigenvalue weighted by atomic mass is 16.7. The first-order valence-electron chi connectivity index (χ1n) is 8.85. The Bertz CT molecular complexity index is 987. The van der Waals surface area contributed by atoms with E-state index in [1.165, 1.54) is 24.3 Å². The van der Waals surface area contributed by atoms with E-state index in [1.54, 1.807) is 0 Å². The Kier molecular flexibility index (Phi) is 3.68. The standard InChI is InChI=1S/C19H15N5O4/c20-9-17(10-21)15(12-4-6-13(7-5-12)24(25)26)27-19-8-2-1-3-14(19)18(17,11-22)16(23)28-19/h4-7,14-15,23H,1-3,8H2/t14-,15+,18+,19-/m1/s1. The first-order chi connectivity index (χ1) is 13.4. The molecule has 2 heterocycles. The van der Waals surface area contributed by atoms with Crippen molar-refractivity contribution in [3.63, 3.8) is 0 Å². The van der Waals surface area contributed by atoms with Crippen LogP contribution in [0.1, 0.15) is 37.4 Å². The Morgan fingerprint density at radius 3 is 2.39 bits per heavy atom. The molecule has 2 saturated heterocycles. The summed E-state index contributed by atoms with van der Waals surface area (Å²) < 4.78 is 12.0. The van der Waals surface area contributed by atoms with Gasteiger partial charge >= 0.3 is 0 Å². The van der Waals surface area contributed by atoms with Crippen molar-refractivity contribution in [2.24, 2.45) is 16.7 Å². The smallest absolute Gasteiger partial charge is 0.269 e. The fourth-order valence-corrected chi connectivity index (χ4v) is 4.93. The molecule has 1 aliphatic carbocycles. The molecule has 2 aliphatic heterocycles. The van der Waals surface area contributed by atoms with Gasteiger partial charge in [0.2, 0.25) is 17.1 Å². The van der Waals surface area contributed by atoms with Crippen LogP contribution < -0.4 is 0 Å². The average molecular weight is 377 g/mol. The monoisotopic (exact) mass is 377 g/mol. The number of ether oxygens (including phenoxy) is 2. The van der Waals surface area contributed by atoms with Gasteiger partial charge in [-0.25, -0.2) is 0 Å². The Balaban J connectivity index is 1.94. The van der Waals surface area contributed by atoms with Crippen molar-refractivity contribution in [2.75, 3.05) is 0 Å². The molecule has 1 aromatic carbocycles. The number of nitrogens with one attached hydrogen (secondary N) is 1. The van der Waals surface area contributed by atoms with E-state index in [1.807, 2.05) is 12.1 Å². The maximum absolute atomic E-state index is 10.9. The highest BCUT2D eigenvalue weighted by molar-refractivity contribution is 5.89. The average Bonchev–Trinajstić information content (AvgIpc) is 2.92. The summed E-state index contributed by atoms with van der Waals surface area (Å²) in [4.78, 5) is 10.4. The topological polar surface area (TPSA) is 157 Å². The van der Waals surface area contributed by atoms with Gasteiger partial charge < -0.3 is 9.47 Å². The van der Waals surface area contributed by atoms with E-state index < -0.39 is 39.5 Å². The number of rotatable bonds is 2. The normalized spacial score (nSPS) is 34.8. The Morgan fingerprint density at radius 1 is 1.14 bits per heavy atom. The van der Waals surface area contributed by atoms with Crippen molar-refractivity contribution in [2.45, 2.75) is 37.6 Å². The largest absolute Gasteiger partial charge is 0.447 e. The molecule has 4 atom stereocenters. The fourth-order valence-electron chi connectivity index (χ4n) is 4.93. The van der Waals surface area contributed by atoms with E-state index in [0.717, 1.165) is 12.8 Å². The van der Waals surface area contributed by atoms with Gasteiger partial charge in [0.25, 0.3) is 5.69 Å². The van der Waals surface area contributed by atoms with Gasteiger partial charge in [0.1, 0.15) is 6.10 Å². The lowest BCUT2D eigenvalue weighted by molar-refractivity contribution is -0.384. The van der Waals surface area contributed by atoms with Crippen molar-refractivity contribution in [1.82, 2.24) is 0 Å². The minimum atomic E-state index is -2.02. The molecule has 0 spiro atoms. The molecule has 0 amide bonds. The van der Waals surface area contributed by atoms with Crippen LogP contribution in [0.25, 0.3) is 0 Å². The molecule has 9 heteroatoms. The number of nitro groups is 1. The molecule has 0 unspecified atom stereocenters. The van der Waals surface area contributed by atoms with Gasteiger partial charge in [-0.05, 0) is 30.5 Å². The van der Waals surface area contributed by atoms with Gasteiger partial charge in [-0.15, -0.1) is 0 Å². The molecule has 140 valence electrons. The number of nitriles is 3. The first-order valence-corrected chi connectivity index (χ1v) is 8.85. The molecule has 1 N–H and O–H groups in total. The lowest BCUT2D eigenvalue weighted by Crippen LogP contribution is -2.60. The van der Waals surface area contributed by atoms with Gasteiger partial charge in [0.15, 0.2) is 5.41 Å². The Morgan fingerprint density at radius 2 is 1.82 bits per heavy atom. The van der Waals surface area contributed by atoms with Crippen molar-refractivity contribution >= 4 is 11.6 Å². The van der Waals surface area contributed by atoms with Crippen LogP contribution in [0.5, 0.6) is 0 Å². The predicted octanol–water partition coefficient (Wildman–Crippen LogP) is 3.10. The van der Waals surface area contributed by atoms with Crippen molar-refractivity contribution in [3.8, 4) is 18.2 Å². The summed E-state index contributed by atoms with van der Waals surface area (Å²) in [5.74, 6) is -2.25. The Labute approximate surface area is 160 Å². The van der Waals surface area contributed by atoms with Crippen LogP contribution in [0.2, 0.25) is 0 Å². The number of nitrogens with zero attached hydrogens (tertiary/aromatic N) is 4. The van der Waals surface area contributed by atoms with E-state index in [-0.39, 0.29) is 5.69 Å². The van der Waals surface area contributed by atoms with Crippen molar-refractivity contribution < 1.29 is 14.4 Å². The molecular weight excluding hydrogens is 362 g/mol. The zero-order chi connectivity index (χ0) is 20.2. The summed E-state index contributed by atoms with van der Waals surface area (Å²) >= 11 is 0. The van der Waals surface area contributed by atoms with Crippen molar-refractivity contribution in [3.05, 3.63) is 39.9 Å². The van der Waals surface area contributed by atoms with Crippen LogP contribution in [-0.4, -0.2) is 16.6 Å². The quantitative estimate of drug-likeness (QED) is 0.612. The van der Waals surface area contributed by atoms with Crippen LogP contribution in [0.3, 0.4) is 0 Å². The summed E-state index contributed by atoms with van der Waals surface area (Å²) in [7, 11) is 0. The summed E-state index contributed by atoms with van der Waals surface area (Å²) in [6.07, 6.45) is 1.32. The van der Waals surface area contributed by atoms with Crippen molar-refractivity contribution in [1.29, 1.82) is 21.2 Å². The van der Waals surface area contributed by atoms with E-state index in [9.17, 15) is 25.9 Å². The molecule has 1 aromatic rings. The highest BCUT2D eigenvalue weighted by Gasteiger charge is 2.80. The van der Waals surface area contributed by atoms with Crippen LogP contribution >= 0.6 is 0 Å². The molecule has 4 rings (SSSR count). The van der Waals surface area contributed by atoms with Gasteiger partial charge in [0.05, 0.1) is 29.0 Å². The molecule has 3 fully saturated rings. The van der Waals surface area contributed by atoms with Crippen LogP contribution in [0.15, 0.2) is 24.3 Å². The van der Waals surface area contributed by atoms with Gasteiger partial charge in [-0.3, -0.25) is 15.5 Å². The third-order valence-corrected chi connectivity index (χ3v) is 6.22. The van der Waals surface area contributed by atoms with E-state index in [4.69, 9.17) is 14.9 Å².